The van der Waals surface area contributed by atoms with Crippen LogP contribution in [0.2, 0.25) is 0 Å². The Labute approximate surface area is 395 Å². The van der Waals surface area contributed by atoms with Crippen LogP contribution in [0.25, 0.3) is 12.2 Å². The van der Waals surface area contributed by atoms with Crippen LogP contribution < -0.4 is 9.47 Å². The summed E-state index contributed by atoms with van der Waals surface area (Å²) in [5, 5.41) is 10.5. The lowest BCUT2D eigenvalue weighted by atomic mass is 9.98. The van der Waals surface area contributed by atoms with Crippen LogP contribution in [0.15, 0.2) is 72.5 Å². The lowest BCUT2D eigenvalue weighted by molar-refractivity contribution is -0.288. The molecule has 2 fully saturated rings. The Kier molecular flexibility index (Phi) is 20.0. The summed E-state index contributed by atoms with van der Waals surface area (Å²) in [7, 11) is 0. The highest BCUT2D eigenvalue weighted by Crippen LogP contribution is 2.33. The second-order valence-electron chi connectivity index (χ2n) is 15.1. The Morgan fingerprint density at radius 3 is 1.10 bits per heavy atom. The van der Waals surface area contributed by atoms with E-state index in [9.17, 15) is 48.3 Å². The van der Waals surface area contributed by atoms with Gasteiger partial charge in [-0.1, -0.05) is 36.4 Å². The maximum atomic E-state index is 12.7. The number of allylic oxidation sites excluding steroid dienone is 3. The number of ether oxygens (including phenoxy) is 12. The standard InChI is InChI=1S/C47H52O22/c1-24(48)58-22-38-40(60-26(3)50)42(62-28(5)52)44(64-30(7)54)46(68-38)66-36-17-11-32(12-18-36)9-15-34(56)21-35(57)16-10-33-13-19-37(20-14-33)67-47-45(65-31(8)55)43(63-29(6)53)41(61-27(4)51)39(69-47)23-59-25(2)49/h9-21,38-47,56H,22-23H2,1-8H3/b15-9+,16-10+,34-21-/t38-,39-,40-,41-,42+,43+,44-,45-,46-,47-/m1/s1. The summed E-state index contributed by atoms with van der Waals surface area (Å²) in [6, 6.07) is 12.3. The van der Waals surface area contributed by atoms with Crippen LogP contribution in [0.5, 0.6) is 11.5 Å². The molecule has 372 valence electrons. The van der Waals surface area contributed by atoms with E-state index in [2.05, 4.69) is 0 Å². The molecule has 2 saturated heterocycles. The van der Waals surface area contributed by atoms with Gasteiger partial charge in [-0.25, -0.2) is 0 Å². The van der Waals surface area contributed by atoms with Crippen molar-refractivity contribution in [1.82, 2.24) is 0 Å². The number of benzene rings is 2. The maximum absolute atomic E-state index is 12.7. The van der Waals surface area contributed by atoms with E-state index < -0.39 is 134 Å². The largest absolute Gasteiger partial charge is 0.508 e. The lowest BCUT2D eigenvalue weighted by Crippen LogP contribution is -2.63. The van der Waals surface area contributed by atoms with Gasteiger partial charge < -0.3 is 61.9 Å². The highest BCUT2D eigenvalue weighted by Gasteiger charge is 2.55. The van der Waals surface area contributed by atoms with Crippen molar-refractivity contribution in [2.75, 3.05) is 13.2 Å². The number of esters is 8. The van der Waals surface area contributed by atoms with Gasteiger partial charge in [0.1, 0.15) is 42.7 Å². The molecule has 0 aromatic heterocycles. The Hall–Kier alpha value is -7.59. The summed E-state index contributed by atoms with van der Waals surface area (Å²) < 4.78 is 66.5. The van der Waals surface area contributed by atoms with E-state index >= 15 is 0 Å². The number of carbonyl (C=O) groups excluding carboxylic acids is 9. The van der Waals surface area contributed by atoms with Crippen LogP contribution in [-0.4, -0.2) is 133 Å². The van der Waals surface area contributed by atoms with E-state index in [1.54, 1.807) is 24.3 Å². The van der Waals surface area contributed by atoms with Gasteiger partial charge in [0.15, 0.2) is 30.2 Å². The molecule has 0 bridgehead atoms. The predicted molar refractivity (Wildman–Crippen MR) is 232 cm³/mol. The van der Waals surface area contributed by atoms with Crippen molar-refractivity contribution in [1.29, 1.82) is 0 Å². The first-order valence-electron chi connectivity index (χ1n) is 21.0. The third-order valence-electron chi connectivity index (χ3n) is 9.34. The summed E-state index contributed by atoms with van der Waals surface area (Å²) >= 11 is 0. The summed E-state index contributed by atoms with van der Waals surface area (Å²) in [5.41, 5.74) is 1.06. The second kappa shape index (κ2) is 25.5. The molecule has 2 heterocycles. The zero-order valence-electron chi connectivity index (χ0n) is 38.7. The molecular weight excluding hydrogens is 916 g/mol. The van der Waals surface area contributed by atoms with Gasteiger partial charge in [0.25, 0.3) is 0 Å². The maximum Gasteiger partial charge on any atom is 0.303 e. The van der Waals surface area contributed by atoms with Crippen molar-refractivity contribution in [3.8, 4) is 11.5 Å². The van der Waals surface area contributed by atoms with Crippen molar-refractivity contribution < 1.29 is 105 Å². The molecule has 69 heavy (non-hydrogen) atoms. The molecule has 0 amide bonds. The quantitative estimate of drug-likeness (QED) is 0.0694. The molecule has 2 aromatic rings. The normalized spacial score (nSPS) is 24.5. The fourth-order valence-corrected chi connectivity index (χ4v) is 6.75. The van der Waals surface area contributed by atoms with Crippen LogP contribution in [0.3, 0.4) is 0 Å². The molecule has 0 aliphatic carbocycles. The topological polar surface area (TPSA) is 285 Å². The van der Waals surface area contributed by atoms with Gasteiger partial charge in [-0.2, -0.15) is 0 Å². The molecule has 2 aromatic carbocycles. The summed E-state index contributed by atoms with van der Waals surface area (Å²) in [6.07, 6.45) is -7.44. The zero-order chi connectivity index (χ0) is 50.9. The predicted octanol–water partition coefficient (Wildman–Crippen LogP) is 3.35. The van der Waals surface area contributed by atoms with Crippen LogP contribution in [-0.2, 0) is 90.5 Å². The first kappa shape index (κ1) is 54.0. The van der Waals surface area contributed by atoms with Gasteiger partial charge in [-0.15, -0.1) is 0 Å². The number of aliphatic hydroxyl groups is 1. The van der Waals surface area contributed by atoms with E-state index in [4.69, 9.17) is 56.8 Å². The van der Waals surface area contributed by atoms with Crippen molar-refractivity contribution in [3.63, 3.8) is 0 Å². The zero-order valence-corrected chi connectivity index (χ0v) is 38.7. The van der Waals surface area contributed by atoms with Gasteiger partial charge in [0.2, 0.25) is 24.8 Å². The SMILES string of the molecule is CC(=O)OC[C@H]1O[C@@H](Oc2ccc(/C=C/C(=O)/C=C(O)/C=C/c3ccc(O[C@@H]4O[C@H](COC(C)=O)[C@@H](OC(C)=O)[C@H](OC(C)=O)[C@H]4OC(C)=O)cc3)cc2)[C@H](OC(C)=O)[C@@H](OC(C)=O)[C@@H]1OC(C)=O. The summed E-state index contributed by atoms with van der Waals surface area (Å²) in [6.45, 7) is 8.01. The Bertz CT molecular complexity index is 2280. The molecule has 0 saturated carbocycles. The molecular formula is C47H52O22. The minimum absolute atomic E-state index is 0.169. The molecule has 1 N–H and O–H groups in total. The number of hydrogen-bond acceptors (Lipinski definition) is 22. The molecule has 2 aliphatic heterocycles. The van der Waals surface area contributed by atoms with Crippen molar-refractivity contribution >= 4 is 65.7 Å². The molecule has 22 heteroatoms. The van der Waals surface area contributed by atoms with Crippen LogP contribution in [0, 0.1) is 0 Å². The Morgan fingerprint density at radius 2 is 0.768 bits per heavy atom. The Morgan fingerprint density at radius 1 is 0.449 bits per heavy atom. The number of ketones is 1. The van der Waals surface area contributed by atoms with Gasteiger partial charge in [0, 0.05) is 61.5 Å². The first-order valence-corrected chi connectivity index (χ1v) is 21.0. The summed E-state index contributed by atoms with van der Waals surface area (Å²) in [5.74, 6) is -6.76. The van der Waals surface area contributed by atoms with Gasteiger partial charge in [-0.3, -0.25) is 43.2 Å². The third-order valence-corrected chi connectivity index (χ3v) is 9.34. The number of rotatable bonds is 19. The molecule has 2 aliphatic rings. The first-order chi connectivity index (χ1) is 32.6. The number of hydrogen-bond donors (Lipinski definition) is 1. The highest BCUT2D eigenvalue weighted by molar-refractivity contribution is 6.02. The second-order valence-corrected chi connectivity index (χ2v) is 15.1. The van der Waals surface area contributed by atoms with E-state index in [0.29, 0.717) is 11.1 Å². The average molecular weight is 969 g/mol. The van der Waals surface area contributed by atoms with Crippen molar-refractivity contribution in [2.24, 2.45) is 0 Å². The van der Waals surface area contributed by atoms with E-state index in [-0.39, 0.29) is 11.5 Å². The van der Waals surface area contributed by atoms with Gasteiger partial charge >= 0.3 is 47.8 Å². The highest BCUT2D eigenvalue weighted by atomic mass is 16.7. The number of carbonyl (C=O) groups is 9. The molecule has 0 radical (unpaired) electrons. The van der Waals surface area contributed by atoms with Crippen LogP contribution in [0.1, 0.15) is 66.5 Å². The molecule has 22 nitrogen and oxygen atoms in total. The molecule has 0 unspecified atom stereocenters. The van der Waals surface area contributed by atoms with E-state index in [1.165, 1.54) is 48.6 Å². The summed E-state index contributed by atoms with van der Waals surface area (Å²) in [4.78, 5) is 109. The molecule has 4 rings (SSSR count). The van der Waals surface area contributed by atoms with Crippen molar-refractivity contribution in [3.05, 3.63) is 83.6 Å². The van der Waals surface area contributed by atoms with Gasteiger partial charge in [-0.05, 0) is 47.5 Å². The van der Waals surface area contributed by atoms with Crippen LogP contribution in [0.4, 0.5) is 0 Å². The fraction of sp³-hybridized carbons (Fsp3) is 0.426. The van der Waals surface area contributed by atoms with E-state index in [1.807, 2.05) is 0 Å². The van der Waals surface area contributed by atoms with Crippen LogP contribution >= 0.6 is 0 Å². The average Bonchev–Trinajstić information content (AvgIpc) is 3.25. The molecule has 0 spiro atoms. The minimum atomic E-state index is -1.46. The monoisotopic (exact) mass is 968 g/mol. The molecule has 10 atom stereocenters. The van der Waals surface area contributed by atoms with Gasteiger partial charge in [0.05, 0.1) is 0 Å². The fourth-order valence-electron chi connectivity index (χ4n) is 6.75. The third kappa shape index (κ3) is 17.5. The lowest BCUT2D eigenvalue weighted by Gasteiger charge is -2.43. The van der Waals surface area contributed by atoms with E-state index in [0.717, 1.165) is 61.5 Å². The Balaban J connectivity index is 1.43. The smallest absolute Gasteiger partial charge is 0.303 e. The number of aliphatic hydroxyl groups excluding tert-OH is 1. The minimum Gasteiger partial charge on any atom is -0.508 e. The van der Waals surface area contributed by atoms with Crippen molar-refractivity contribution in [2.45, 2.75) is 117 Å².